The zero-order valence-electron chi connectivity index (χ0n) is 20.0. The molecule has 3 aliphatic rings. The number of nitrogens with zero attached hydrogens (tertiary/aromatic N) is 2. The number of hydrogen-bond donors (Lipinski definition) is 1. The van der Waals surface area contributed by atoms with Crippen molar-refractivity contribution >= 4 is 16.1 Å². The Bertz CT molecular complexity index is 955. The molecule has 1 N–H and O–H groups in total. The van der Waals surface area contributed by atoms with E-state index in [1.54, 1.807) is 14.2 Å². The minimum absolute atomic E-state index is 0.106. The SMILES string of the molecule is COc1ccc(CCNC(=O)C2CCCN(S(=O)(=O)N3CCC4(CC3)OCCO4)C2)cc1OC. The smallest absolute Gasteiger partial charge is 0.282 e. The van der Waals surface area contributed by atoms with Gasteiger partial charge in [0.25, 0.3) is 10.2 Å². The first-order valence-electron chi connectivity index (χ1n) is 11.9. The molecule has 0 aromatic heterocycles. The molecule has 34 heavy (non-hydrogen) atoms. The molecule has 0 radical (unpaired) electrons. The highest BCUT2D eigenvalue weighted by atomic mass is 32.2. The zero-order valence-corrected chi connectivity index (χ0v) is 20.8. The van der Waals surface area contributed by atoms with Gasteiger partial charge in [-0.05, 0) is 37.0 Å². The van der Waals surface area contributed by atoms with Crippen LogP contribution in [0.15, 0.2) is 18.2 Å². The van der Waals surface area contributed by atoms with E-state index in [4.69, 9.17) is 18.9 Å². The van der Waals surface area contributed by atoms with E-state index in [2.05, 4.69) is 5.32 Å². The first-order valence-corrected chi connectivity index (χ1v) is 13.3. The van der Waals surface area contributed by atoms with Gasteiger partial charge in [0.1, 0.15) is 0 Å². The minimum Gasteiger partial charge on any atom is -0.493 e. The van der Waals surface area contributed by atoms with Crippen LogP contribution < -0.4 is 14.8 Å². The first kappa shape index (κ1) is 25.2. The molecule has 0 aliphatic carbocycles. The van der Waals surface area contributed by atoms with E-state index in [1.807, 2.05) is 18.2 Å². The predicted octanol–water partition coefficient (Wildman–Crippen LogP) is 1.16. The Kier molecular flexibility index (Phi) is 7.98. The Labute approximate surface area is 201 Å². The van der Waals surface area contributed by atoms with Crippen molar-refractivity contribution in [2.24, 2.45) is 5.92 Å². The summed E-state index contributed by atoms with van der Waals surface area (Å²) in [6, 6.07) is 5.67. The van der Waals surface area contributed by atoms with Crippen LogP contribution in [0.2, 0.25) is 0 Å². The standard InChI is InChI=1S/C23H35N3O7S/c1-30-20-6-5-18(16-21(20)31-2)7-10-24-22(27)19-4-3-11-26(17-19)34(28,29)25-12-8-23(9-13-25)32-14-15-33-23/h5-6,16,19H,3-4,7-15,17H2,1-2H3,(H,24,27). The number of amides is 1. The Hall–Kier alpha value is -1.92. The Morgan fingerprint density at radius 3 is 2.47 bits per heavy atom. The molecule has 4 rings (SSSR count). The molecule has 3 saturated heterocycles. The maximum Gasteiger partial charge on any atom is 0.282 e. The van der Waals surface area contributed by atoms with Crippen LogP contribution in [-0.4, -0.2) is 88.9 Å². The largest absolute Gasteiger partial charge is 0.493 e. The van der Waals surface area contributed by atoms with E-state index in [9.17, 15) is 13.2 Å². The number of carbonyl (C=O) groups excluding carboxylic acids is 1. The van der Waals surface area contributed by atoms with Crippen molar-refractivity contribution < 1.29 is 32.2 Å². The second-order valence-electron chi connectivity index (χ2n) is 8.94. The fourth-order valence-electron chi connectivity index (χ4n) is 4.88. The molecule has 1 amide bonds. The zero-order chi connectivity index (χ0) is 24.2. The summed E-state index contributed by atoms with van der Waals surface area (Å²) in [5, 5.41) is 2.97. The van der Waals surface area contributed by atoms with Gasteiger partial charge in [-0.1, -0.05) is 6.07 Å². The van der Waals surface area contributed by atoms with Crippen LogP contribution >= 0.6 is 0 Å². The summed E-state index contributed by atoms with van der Waals surface area (Å²) >= 11 is 0. The lowest BCUT2D eigenvalue weighted by molar-refractivity contribution is -0.179. The van der Waals surface area contributed by atoms with Crippen LogP contribution in [0, 0.1) is 5.92 Å². The van der Waals surface area contributed by atoms with Gasteiger partial charge in [0.15, 0.2) is 17.3 Å². The highest BCUT2D eigenvalue weighted by Crippen LogP contribution is 2.33. The predicted molar refractivity (Wildman–Crippen MR) is 125 cm³/mol. The van der Waals surface area contributed by atoms with Crippen LogP contribution in [0.3, 0.4) is 0 Å². The summed E-state index contributed by atoms with van der Waals surface area (Å²) in [6.07, 6.45) is 3.04. The number of piperidine rings is 2. The fourth-order valence-corrected chi connectivity index (χ4v) is 6.58. The molecule has 3 aliphatic heterocycles. The third-order valence-electron chi connectivity index (χ3n) is 6.87. The number of methoxy groups -OCH3 is 2. The Morgan fingerprint density at radius 2 is 1.79 bits per heavy atom. The molecule has 11 heteroatoms. The number of ether oxygens (including phenoxy) is 4. The summed E-state index contributed by atoms with van der Waals surface area (Å²) in [6.45, 7) is 2.95. The number of carbonyl (C=O) groups is 1. The lowest BCUT2D eigenvalue weighted by atomic mass is 9.99. The van der Waals surface area contributed by atoms with Crippen molar-refractivity contribution in [3.05, 3.63) is 23.8 Å². The second-order valence-corrected chi connectivity index (χ2v) is 10.9. The highest BCUT2D eigenvalue weighted by molar-refractivity contribution is 7.86. The molecule has 0 saturated carbocycles. The fraction of sp³-hybridized carbons (Fsp3) is 0.696. The molecule has 1 aromatic rings. The van der Waals surface area contributed by atoms with E-state index in [0.717, 1.165) is 5.56 Å². The molecular weight excluding hydrogens is 462 g/mol. The summed E-state index contributed by atoms with van der Waals surface area (Å²) in [4.78, 5) is 12.8. The van der Waals surface area contributed by atoms with Gasteiger partial charge in [0.05, 0.1) is 33.4 Å². The van der Waals surface area contributed by atoms with Gasteiger partial charge in [-0.25, -0.2) is 0 Å². The van der Waals surface area contributed by atoms with Crippen LogP contribution in [-0.2, 0) is 30.9 Å². The summed E-state index contributed by atoms with van der Waals surface area (Å²) in [5.74, 6) is 0.224. The highest BCUT2D eigenvalue weighted by Gasteiger charge is 2.44. The molecule has 190 valence electrons. The third kappa shape index (κ3) is 5.49. The number of nitrogens with one attached hydrogen (secondary N) is 1. The van der Waals surface area contributed by atoms with Gasteiger partial charge in [-0.2, -0.15) is 17.0 Å². The third-order valence-corrected chi connectivity index (χ3v) is 8.87. The molecule has 1 unspecified atom stereocenters. The molecular formula is C23H35N3O7S. The quantitative estimate of drug-likeness (QED) is 0.574. The Morgan fingerprint density at radius 1 is 1.09 bits per heavy atom. The normalized spacial score (nSPS) is 23.6. The van der Waals surface area contributed by atoms with Gasteiger partial charge in [-0.3, -0.25) is 4.79 Å². The van der Waals surface area contributed by atoms with Gasteiger partial charge in [0.2, 0.25) is 5.91 Å². The van der Waals surface area contributed by atoms with Crippen LogP contribution in [0.5, 0.6) is 11.5 Å². The van der Waals surface area contributed by atoms with E-state index < -0.39 is 16.0 Å². The summed E-state index contributed by atoms with van der Waals surface area (Å²) in [5.41, 5.74) is 1.02. The van der Waals surface area contributed by atoms with Gasteiger partial charge in [0, 0.05) is 45.6 Å². The topological polar surface area (TPSA) is 107 Å². The van der Waals surface area contributed by atoms with Crippen LogP contribution in [0.25, 0.3) is 0 Å². The van der Waals surface area contributed by atoms with E-state index in [-0.39, 0.29) is 18.4 Å². The molecule has 3 fully saturated rings. The van der Waals surface area contributed by atoms with Crippen LogP contribution in [0.4, 0.5) is 0 Å². The van der Waals surface area contributed by atoms with Crippen molar-refractivity contribution in [1.29, 1.82) is 0 Å². The summed E-state index contributed by atoms with van der Waals surface area (Å²) < 4.78 is 51.4. The second kappa shape index (κ2) is 10.8. The molecule has 10 nitrogen and oxygen atoms in total. The lowest BCUT2D eigenvalue weighted by Crippen LogP contribution is -2.54. The minimum atomic E-state index is -3.63. The van der Waals surface area contributed by atoms with Crippen molar-refractivity contribution in [1.82, 2.24) is 13.9 Å². The van der Waals surface area contributed by atoms with Crippen LogP contribution in [0.1, 0.15) is 31.2 Å². The van der Waals surface area contributed by atoms with E-state index >= 15 is 0 Å². The summed E-state index contributed by atoms with van der Waals surface area (Å²) in [7, 11) is -0.449. The number of hydrogen-bond acceptors (Lipinski definition) is 7. The molecule has 1 spiro atoms. The number of rotatable bonds is 8. The van der Waals surface area contributed by atoms with Crippen molar-refractivity contribution in [2.75, 3.05) is 60.2 Å². The maximum atomic E-state index is 13.2. The van der Waals surface area contributed by atoms with E-state index in [1.165, 1.54) is 8.61 Å². The average Bonchev–Trinajstić information content (AvgIpc) is 3.31. The van der Waals surface area contributed by atoms with Crippen molar-refractivity contribution in [3.63, 3.8) is 0 Å². The molecule has 0 bridgehead atoms. The monoisotopic (exact) mass is 497 g/mol. The van der Waals surface area contributed by atoms with Gasteiger partial charge < -0.3 is 24.3 Å². The Balaban J connectivity index is 1.28. The number of benzene rings is 1. The van der Waals surface area contributed by atoms with Gasteiger partial charge >= 0.3 is 0 Å². The average molecular weight is 498 g/mol. The van der Waals surface area contributed by atoms with Gasteiger partial charge in [-0.15, -0.1) is 0 Å². The van der Waals surface area contributed by atoms with E-state index in [0.29, 0.717) is 83.0 Å². The molecule has 3 heterocycles. The first-order chi connectivity index (χ1) is 16.4. The maximum absolute atomic E-state index is 13.2. The molecule has 1 atom stereocenters. The van der Waals surface area contributed by atoms with Crippen molar-refractivity contribution in [3.8, 4) is 11.5 Å². The lowest BCUT2D eigenvalue weighted by Gasteiger charge is -2.40. The van der Waals surface area contributed by atoms with Crippen molar-refractivity contribution in [2.45, 2.75) is 37.9 Å². The molecule has 1 aromatic carbocycles.